The lowest BCUT2D eigenvalue weighted by atomic mass is 10.1. The second-order valence-corrected chi connectivity index (χ2v) is 4.95. The van der Waals surface area contributed by atoms with E-state index >= 15 is 0 Å². The minimum absolute atomic E-state index is 0.0886. The number of nitrogens with one attached hydrogen (secondary N) is 2. The van der Waals surface area contributed by atoms with Gasteiger partial charge in [-0.3, -0.25) is 9.89 Å². The van der Waals surface area contributed by atoms with Crippen molar-refractivity contribution in [1.29, 1.82) is 0 Å². The Labute approximate surface area is 132 Å². The van der Waals surface area contributed by atoms with Gasteiger partial charge in [0, 0.05) is 18.5 Å². The van der Waals surface area contributed by atoms with Gasteiger partial charge >= 0.3 is 0 Å². The molecule has 3 rings (SSSR count). The number of hydrogen-bond acceptors (Lipinski definition) is 5. The molecule has 3 N–H and O–H groups in total. The molecule has 2 aromatic heterocycles. The van der Waals surface area contributed by atoms with Crippen LogP contribution in [0.1, 0.15) is 21.7 Å². The van der Waals surface area contributed by atoms with Gasteiger partial charge in [0.05, 0.1) is 12.9 Å². The number of nitrogens with zero attached hydrogens (tertiary/aromatic N) is 2. The Hall–Kier alpha value is -2.93. The van der Waals surface area contributed by atoms with Gasteiger partial charge in [-0.05, 0) is 29.8 Å². The van der Waals surface area contributed by atoms with Crippen molar-refractivity contribution in [2.45, 2.75) is 13.0 Å². The molecule has 3 aromatic rings. The van der Waals surface area contributed by atoms with Crippen molar-refractivity contribution in [3.63, 3.8) is 0 Å². The summed E-state index contributed by atoms with van der Waals surface area (Å²) in [4.78, 5) is 16.3. The average Bonchev–Trinajstić information content (AvgIpc) is 3.26. The van der Waals surface area contributed by atoms with Crippen LogP contribution in [0.25, 0.3) is 11.6 Å². The fraction of sp³-hybridized carbons (Fsp3) is 0.188. The molecule has 1 amide bonds. The molecule has 7 heteroatoms. The highest BCUT2D eigenvalue weighted by Gasteiger charge is 2.09. The second kappa shape index (κ2) is 6.89. The Balaban J connectivity index is 1.54. The minimum Gasteiger partial charge on any atom is -0.461 e. The van der Waals surface area contributed by atoms with Crippen molar-refractivity contribution in [2.75, 3.05) is 6.54 Å². The fourth-order valence-electron chi connectivity index (χ4n) is 2.13. The molecule has 0 aliphatic rings. The van der Waals surface area contributed by atoms with Crippen molar-refractivity contribution in [3.05, 3.63) is 59.6 Å². The van der Waals surface area contributed by atoms with Crippen molar-refractivity contribution < 1.29 is 14.3 Å². The van der Waals surface area contributed by atoms with Crippen LogP contribution in [0.5, 0.6) is 0 Å². The number of carbonyl (C=O) groups is 1. The highest BCUT2D eigenvalue weighted by molar-refractivity contribution is 5.94. The molecular weight excluding hydrogens is 296 g/mol. The van der Waals surface area contributed by atoms with Crippen molar-refractivity contribution in [2.24, 2.45) is 0 Å². The summed E-state index contributed by atoms with van der Waals surface area (Å²) in [5.74, 6) is 1.57. The van der Waals surface area contributed by atoms with Crippen LogP contribution in [0, 0.1) is 0 Å². The summed E-state index contributed by atoms with van der Waals surface area (Å²) >= 11 is 0. The Kier molecular flexibility index (Phi) is 4.49. The summed E-state index contributed by atoms with van der Waals surface area (Å²) in [6.45, 7) is 0.337. The molecule has 0 aliphatic carbocycles. The Bertz CT molecular complexity index is 780. The van der Waals surface area contributed by atoms with E-state index < -0.39 is 0 Å². The molecule has 0 spiro atoms. The van der Waals surface area contributed by atoms with Crippen LogP contribution in [-0.2, 0) is 13.0 Å². The summed E-state index contributed by atoms with van der Waals surface area (Å²) < 4.78 is 5.22. The van der Waals surface area contributed by atoms with Crippen molar-refractivity contribution in [1.82, 2.24) is 20.5 Å². The van der Waals surface area contributed by atoms with Crippen molar-refractivity contribution in [3.8, 4) is 11.6 Å². The number of furan rings is 1. The number of aromatic nitrogens is 3. The molecule has 0 atom stereocenters. The Morgan fingerprint density at radius 3 is 3.00 bits per heavy atom. The maximum absolute atomic E-state index is 12.0. The van der Waals surface area contributed by atoms with E-state index in [0.29, 0.717) is 41.5 Å². The maximum Gasteiger partial charge on any atom is 0.251 e. The number of rotatable bonds is 6. The van der Waals surface area contributed by atoms with E-state index in [1.54, 1.807) is 42.7 Å². The molecule has 0 aliphatic heterocycles. The van der Waals surface area contributed by atoms with Crippen LogP contribution < -0.4 is 5.32 Å². The zero-order chi connectivity index (χ0) is 16.1. The normalized spacial score (nSPS) is 10.7. The molecule has 0 fully saturated rings. The lowest BCUT2D eigenvalue weighted by molar-refractivity contribution is 0.0954. The molecule has 0 bridgehead atoms. The molecule has 0 saturated heterocycles. The van der Waals surface area contributed by atoms with Crippen molar-refractivity contribution >= 4 is 5.91 Å². The van der Waals surface area contributed by atoms with Crippen LogP contribution in [0.3, 0.4) is 0 Å². The number of hydrogen-bond donors (Lipinski definition) is 3. The van der Waals surface area contributed by atoms with E-state index in [1.165, 1.54) is 0 Å². The fourth-order valence-corrected chi connectivity index (χ4v) is 2.13. The monoisotopic (exact) mass is 312 g/mol. The highest BCUT2D eigenvalue weighted by Crippen LogP contribution is 2.14. The Morgan fingerprint density at radius 1 is 1.30 bits per heavy atom. The summed E-state index contributed by atoms with van der Waals surface area (Å²) in [6.07, 6.45) is 2.09. The first-order chi connectivity index (χ1) is 11.3. The van der Waals surface area contributed by atoms with E-state index in [0.717, 1.165) is 0 Å². The quantitative estimate of drug-likeness (QED) is 0.640. The van der Waals surface area contributed by atoms with Gasteiger partial charge in [-0.25, -0.2) is 4.98 Å². The lowest BCUT2D eigenvalue weighted by Crippen LogP contribution is -2.26. The number of carbonyl (C=O) groups excluding carboxylic acids is 1. The molecule has 118 valence electrons. The first-order valence-corrected chi connectivity index (χ1v) is 7.19. The first-order valence-electron chi connectivity index (χ1n) is 7.19. The number of aliphatic hydroxyl groups excluding tert-OH is 1. The average molecular weight is 312 g/mol. The van der Waals surface area contributed by atoms with Gasteiger partial charge < -0.3 is 14.8 Å². The topological polar surface area (TPSA) is 104 Å². The van der Waals surface area contributed by atoms with Crippen LogP contribution in [0.15, 0.2) is 47.1 Å². The van der Waals surface area contributed by atoms with Gasteiger partial charge in [0.15, 0.2) is 5.76 Å². The summed E-state index contributed by atoms with van der Waals surface area (Å²) in [7, 11) is 0. The lowest BCUT2D eigenvalue weighted by Gasteiger charge is -2.05. The number of aliphatic hydroxyl groups is 1. The van der Waals surface area contributed by atoms with Gasteiger partial charge in [-0.1, -0.05) is 12.1 Å². The predicted octanol–water partition coefficient (Wildman–Crippen LogP) is 1.53. The third-order valence-electron chi connectivity index (χ3n) is 3.29. The van der Waals surface area contributed by atoms with Gasteiger partial charge in [-0.2, -0.15) is 5.10 Å². The van der Waals surface area contributed by atoms with Gasteiger partial charge in [0.25, 0.3) is 5.91 Å². The van der Waals surface area contributed by atoms with Crippen LogP contribution in [-0.4, -0.2) is 32.7 Å². The van der Waals surface area contributed by atoms with Gasteiger partial charge in [0.2, 0.25) is 5.82 Å². The number of benzene rings is 1. The highest BCUT2D eigenvalue weighted by atomic mass is 16.3. The van der Waals surface area contributed by atoms with Gasteiger partial charge in [-0.15, -0.1) is 0 Å². The van der Waals surface area contributed by atoms with E-state index in [-0.39, 0.29) is 12.5 Å². The minimum atomic E-state index is -0.189. The molecule has 7 nitrogen and oxygen atoms in total. The largest absolute Gasteiger partial charge is 0.461 e. The van der Waals surface area contributed by atoms with E-state index in [9.17, 15) is 4.79 Å². The SMILES string of the molecule is O=C(NCCc1nc(-c2ccco2)n[nH]1)c1cccc(CO)c1. The standard InChI is InChI=1S/C16H16N4O3/c21-10-11-3-1-4-12(9-11)16(22)17-7-6-14-18-15(20-19-14)13-5-2-8-23-13/h1-5,8-9,21H,6-7,10H2,(H,17,22)(H,18,19,20). The molecule has 0 saturated carbocycles. The summed E-state index contributed by atoms with van der Waals surface area (Å²) in [6, 6.07) is 10.4. The number of amides is 1. The van der Waals surface area contributed by atoms with E-state index in [4.69, 9.17) is 9.52 Å². The predicted molar refractivity (Wildman–Crippen MR) is 82.5 cm³/mol. The third-order valence-corrected chi connectivity index (χ3v) is 3.29. The zero-order valence-corrected chi connectivity index (χ0v) is 12.3. The first kappa shape index (κ1) is 15.0. The Morgan fingerprint density at radius 2 is 2.22 bits per heavy atom. The van der Waals surface area contributed by atoms with Crippen LogP contribution >= 0.6 is 0 Å². The molecule has 1 aromatic carbocycles. The molecular formula is C16H16N4O3. The molecule has 0 radical (unpaired) electrons. The third kappa shape index (κ3) is 3.64. The maximum atomic E-state index is 12.0. The molecule has 0 unspecified atom stereocenters. The zero-order valence-electron chi connectivity index (χ0n) is 12.3. The van der Waals surface area contributed by atoms with Gasteiger partial charge in [0.1, 0.15) is 5.82 Å². The van der Waals surface area contributed by atoms with Crippen LogP contribution in [0.4, 0.5) is 0 Å². The van der Waals surface area contributed by atoms with E-state index in [1.807, 2.05) is 0 Å². The number of H-pyrrole nitrogens is 1. The smallest absolute Gasteiger partial charge is 0.251 e. The molecule has 2 heterocycles. The number of aromatic amines is 1. The second-order valence-electron chi connectivity index (χ2n) is 4.95. The molecule has 23 heavy (non-hydrogen) atoms. The summed E-state index contributed by atoms with van der Waals surface area (Å²) in [5.41, 5.74) is 1.22. The van der Waals surface area contributed by atoms with Crippen LogP contribution in [0.2, 0.25) is 0 Å². The summed E-state index contributed by atoms with van der Waals surface area (Å²) in [5, 5.41) is 18.8. The van der Waals surface area contributed by atoms with E-state index in [2.05, 4.69) is 20.5 Å².